The van der Waals surface area contributed by atoms with Crippen LogP contribution in [0.15, 0.2) is 30.9 Å². The highest BCUT2D eigenvalue weighted by Crippen LogP contribution is 2.26. The van der Waals surface area contributed by atoms with E-state index in [0.29, 0.717) is 5.82 Å². The lowest BCUT2D eigenvalue weighted by Crippen LogP contribution is -2.18. The Kier molecular flexibility index (Phi) is 3.36. The number of hydrogen-bond acceptors (Lipinski definition) is 3. The van der Waals surface area contributed by atoms with Crippen molar-refractivity contribution in [2.24, 2.45) is 5.41 Å². The van der Waals surface area contributed by atoms with Crippen LogP contribution in [0.5, 0.6) is 0 Å². The first-order chi connectivity index (χ1) is 8.52. The van der Waals surface area contributed by atoms with Gasteiger partial charge in [0.05, 0.1) is 18.2 Å². The van der Waals surface area contributed by atoms with E-state index in [1.165, 1.54) is 0 Å². The predicted molar refractivity (Wildman–Crippen MR) is 73.9 cm³/mol. The normalized spacial score (nSPS) is 11.7. The molecule has 4 heteroatoms. The van der Waals surface area contributed by atoms with Crippen molar-refractivity contribution in [3.05, 3.63) is 30.9 Å². The first-order valence-electron chi connectivity index (χ1n) is 6.24. The molecule has 0 atom stereocenters. The molecule has 0 saturated heterocycles. The van der Waals surface area contributed by atoms with Crippen LogP contribution in [0.1, 0.15) is 27.2 Å². The molecule has 0 unspecified atom stereocenters. The molecule has 0 aliphatic heterocycles. The number of aromatic nitrogens is 3. The second-order valence-corrected chi connectivity index (χ2v) is 5.40. The van der Waals surface area contributed by atoms with E-state index in [1.54, 1.807) is 6.20 Å². The van der Waals surface area contributed by atoms with Gasteiger partial charge in [0, 0.05) is 18.3 Å². The van der Waals surface area contributed by atoms with E-state index in [9.17, 15) is 0 Å². The maximum absolute atomic E-state index is 5.61. The monoisotopic (exact) mass is 244 g/mol. The molecule has 0 fully saturated rings. The van der Waals surface area contributed by atoms with Crippen molar-refractivity contribution in [3.63, 3.8) is 0 Å². The van der Waals surface area contributed by atoms with Gasteiger partial charge in [-0.05, 0) is 24.0 Å². The van der Waals surface area contributed by atoms with Crippen molar-refractivity contribution < 1.29 is 0 Å². The molecule has 18 heavy (non-hydrogen) atoms. The maximum atomic E-state index is 5.61. The van der Waals surface area contributed by atoms with Gasteiger partial charge in [-0.25, -0.2) is 9.97 Å². The number of nitrogens with two attached hydrogens (primary N) is 1. The fourth-order valence-corrected chi connectivity index (χ4v) is 1.82. The zero-order chi connectivity index (χ0) is 13.2. The molecule has 2 aromatic heterocycles. The van der Waals surface area contributed by atoms with Crippen LogP contribution in [0.2, 0.25) is 0 Å². The van der Waals surface area contributed by atoms with Crippen LogP contribution in [0, 0.1) is 5.41 Å². The van der Waals surface area contributed by atoms with E-state index in [0.717, 1.165) is 24.2 Å². The number of rotatable bonds is 4. The number of imidazole rings is 1. The van der Waals surface area contributed by atoms with E-state index < -0.39 is 0 Å². The number of anilines is 1. The molecule has 2 heterocycles. The summed E-state index contributed by atoms with van der Waals surface area (Å²) < 4.78 is 2.18. The number of hydrogen-bond donors (Lipinski definition) is 1. The third-order valence-corrected chi connectivity index (χ3v) is 3.35. The summed E-state index contributed by atoms with van der Waals surface area (Å²) in [6, 6.07) is 3.80. The summed E-state index contributed by atoms with van der Waals surface area (Å²) in [5.41, 5.74) is 8.01. The zero-order valence-electron chi connectivity index (χ0n) is 11.2. The van der Waals surface area contributed by atoms with Gasteiger partial charge in [0.2, 0.25) is 0 Å². The molecule has 2 rings (SSSR count). The van der Waals surface area contributed by atoms with Crippen molar-refractivity contribution >= 4 is 5.82 Å². The topological polar surface area (TPSA) is 56.7 Å². The molecule has 0 aliphatic rings. The minimum Gasteiger partial charge on any atom is -0.384 e. The average Bonchev–Trinajstić information content (AvgIpc) is 2.77. The van der Waals surface area contributed by atoms with Crippen LogP contribution in [-0.4, -0.2) is 14.5 Å². The summed E-state index contributed by atoms with van der Waals surface area (Å²) >= 11 is 0. The Morgan fingerprint density at radius 1 is 1.28 bits per heavy atom. The standard InChI is InChI=1S/C14H20N4/c1-4-14(2,3)9-18-10-16-8-12(18)11-5-6-13(15)17-7-11/h5-8,10H,4,9H2,1-3H3,(H2,15,17). The molecule has 2 N–H and O–H groups in total. The summed E-state index contributed by atoms with van der Waals surface area (Å²) in [6.45, 7) is 7.68. The Morgan fingerprint density at radius 2 is 2.06 bits per heavy atom. The Labute approximate surface area is 108 Å². The lowest BCUT2D eigenvalue weighted by Gasteiger charge is -2.24. The van der Waals surface area contributed by atoms with E-state index in [4.69, 9.17) is 5.73 Å². The van der Waals surface area contributed by atoms with Crippen molar-refractivity contribution in [1.29, 1.82) is 0 Å². The van der Waals surface area contributed by atoms with Gasteiger partial charge < -0.3 is 10.3 Å². The Hall–Kier alpha value is -1.84. The molecule has 0 radical (unpaired) electrons. The van der Waals surface area contributed by atoms with E-state index in [-0.39, 0.29) is 5.41 Å². The molecular weight excluding hydrogens is 224 g/mol. The van der Waals surface area contributed by atoms with Crippen molar-refractivity contribution in [1.82, 2.24) is 14.5 Å². The highest BCUT2D eigenvalue weighted by Gasteiger charge is 2.17. The maximum Gasteiger partial charge on any atom is 0.123 e. The average molecular weight is 244 g/mol. The summed E-state index contributed by atoms with van der Waals surface area (Å²) in [5.74, 6) is 0.540. The molecule has 4 nitrogen and oxygen atoms in total. The number of pyridine rings is 1. The quantitative estimate of drug-likeness (QED) is 0.899. The lowest BCUT2D eigenvalue weighted by molar-refractivity contribution is 0.296. The Bertz CT molecular complexity index is 511. The molecule has 2 aromatic rings. The van der Waals surface area contributed by atoms with Crippen LogP contribution in [0.4, 0.5) is 5.82 Å². The summed E-state index contributed by atoms with van der Waals surface area (Å²) in [6.07, 6.45) is 6.68. The van der Waals surface area contributed by atoms with Crippen molar-refractivity contribution in [3.8, 4) is 11.3 Å². The smallest absolute Gasteiger partial charge is 0.123 e. The van der Waals surface area contributed by atoms with E-state index in [2.05, 4.69) is 35.3 Å². The van der Waals surface area contributed by atoms with Gasteiger partial charge in [-0.3, -0.25) is 0 Å². The van der Waals surface area contributed by atoms with Crippen molar-refractivity contribution in [2.45, 2.75) is 33.7 Å². The molecule has 96 valence electrons. The first-order valence-corrected chi connectivity index (χ1v) is 6.24. The minimum absolute atomic E-state index is 0.261. The fourth-order valence-electron chi connectivity index (χ4n) is 1.82. The van der Waals surface area contributed by atoms with Crippen LogP contribution in [-0.2, 0) is 6.54 Å². The van der Waals surface area contributed by atoms with Gasteiger partial charge in [-0.1, -0.05) is 20.8 Å². The highest BCUT2D eigenvalue weighted by atomic mass is 15.1. The van der Waals surface area contributed by atoms with Gasteiger partial charge in [-0.2, -0.15) is 0 Å². The van der Waals surface area contributed by atoms with Gasteiger partial charge >= 0.3 is 0 Å². The molecule has 0 aromatic carbocycles. The van der Waals surface area contributed by atoms with Gasteiger partial charge in [-0.15, -0.1) is 0 Å². The Morgan fingerprint density at radius 3 is 2.67 bits per heavy atom. The molecule has 0 bridgehead atoms. The van der Waals surface area contributed by atoms with E-state index >= 15 is 0 Å². The first kappa shape index (κ1) is 12.6. The minimum atomic E-state index is 0.261. The van der Waals surface area contributed by atoms with Crippen LogP contribution in [0.25, 0.3) is 11.3 Å². The molecular formula is C14H20N4. The lowest BCUT2D eigenvalue weighted by atomic mass is 9.90. The van der Waals surface area contributed by atoms with E-state index in [1.807, 2.05) is 24.7 Å². The molecule has 0 aliphatic carbocycles. The van der Waals surface area contributed by atoms with Crippen LogP contribution < -0.4 is 5.73 Å². The highest BCUT2D eigenvalue weighted by molar-refractivity contribution is 5.59. The molecule has 0 amide bonds. The Balaban J connectivity index is 2.30. The summed E-state index contributed by atoms with van der Waals surface area (Å²) in [4.78, 5) is 8.37. The molecule has 0 saturated carbocycles. The molecule has 0 spiro atoms. The van der Waals surface area contributed by atoms with Gasteiger partial charge in [0.1, 0.15) is 5.82 Å². The number of nitrogen functional groups attached to an aromatic ring is 1. The fraction of sp³-hybridized carbons (Fsp3) is 0.429. The van der Waals surface area contributed by atoms with Gasteiger partial charge in [0.25, 0.3) is 0 Å². The zero-order valence-corrected chi connectivity index (χ0v) is 11.2. The van der Waals surface area contributed by atoms with Crippen molar-refractivity contribution in [2.75, 3.05) is 5.73 Å². The second-order valence-electron chi connectivity index (χ2n) is 5.40. The third kappa shape index (κ3) is 2.70. The largest absolute Gasteiger partial charge is 0.384 e. The summed E-state index contributed by atoms with van der Waals surface area (Å²) in [7, 11) is 0. The SMILES string of the molecule is CCC(C)(C)Cn1cncc1-c1ccc(N)nc1. The third-order valence-electron chi connectivity index (χ3n) is 3.35. The van der Waals surface area contributed by atoms with Crippen LogP contribution in [0.3, 0.4) is 0 Å². The second kappa shape index (κ2) is 4.80. The van der Waals surface area contributed by atoms with Crippen LogP contribution >= 0.6 is 0 Å². The van der Waals surface area contributed by atoms with Gasteiger partial charge in [0.15, 0.2) is 0 Å². The summed E-state index contributed by atoms with van der Waals surface area (Å²) in [5, 5.41) is 0. The predicted octanol–water partition coefficient (Wildman–Crippen LogP) is 2.96. The number of nitrogens with zero attached hydrogens (tertiary/aromatic N) is 3.